The largest absolute Gasteiger partial charge is 0.391 e. The van der Waals surface area contributed by atoms with Gasteiger partial charge in [0, 0.05) is 6.42 Å². The lowest BCUT2D eigenvalue weighted by Gasteiger charge is -2.36. The van der Waals surface area contributed by atoms with E-state index in [2.05, 4.69) is 27.7 Å². The van der Waals surface area contributed by atoms with Gasteiger partial charge in [0.05, 0.1) is 18.3 Å². The van der Waals surface area contributed by atoms with Gasteiger partial charge in [-0.05, 0) is 11.8 Å². The molecule has 0 spiro atoms. The van der Waals surface area contributed by atoms with Crippen LogP contribution >= 0.6 is 0 Å². The van der Waals surface area contributed by atoms with E-state index in [-0.39, 0.29) is 11.7 Å². The summed E-state index contributed by atoms with van der Waals surface area (Å²) in [6.07, 6.45) is 0.539. The Hall–Kier alpha value is -0.0800. The van der Waals surface area contributed by atoms with E-state index in [0.717, 1.165) is 6.42 Å². The van der Waals surface area contributed by atoms with E-state index in [0.29, 0.717) is 18.4 Å². The van der Waals surface area contributed by atoms with E-state index in [9.17, 15) is 5.11 Å². The molecule has 1 unspecified atom stereocenters. The highest BCUT2D eigenvalue weighted by Crippen LogP contribution is 2.39. The molecule has 0 bridgehead atoms. The molecule has 1 aliphatic heterocycles. The molecule has 1 rings (SSSR count). The van der Waals surface area contributed by atoms with Crippen LogP contribution in [0.15, 0.2) is 0 Å². The summed E-state index contributed by atoms with van der Waals surface area (Å²) >= 11 is 0. The number of aliphatic hydroxyl groups excluding tert-OH is 1. The van der Waals surface area contributed by atoms with Crippen LogP contribution in [0.2, 0.25) is 0 Å². The lowest BCUT2D eigenvalue weighted by Crippen LogP contribution is -2.40. The standard InChI is InChI=1S/C10H20O2/c1-7(2)10(8(3)4)5-9(11)6-12-10/h7-9,11H,5-6H2,1-4H3. The molecular weight excluding hydrogens is 152 g/mol. The summed E-state index contributed by atoms with van der Waals surface area (Å²) in [4.78, 5) is 0. The minimum absolute atomic E-state index is 0.0839. The van der Waals surface area contributed by atoms with Gasteiger partial charge in [0.1, 0.15) is 0 Å². The maximum absolute atomic E-state index is 9.44. The summed E-state index contributed by atoms with van der Waals surface area (Å²) < 4.78 is 5.73. The van der Waals surface area contributed by atoms with E-state index in [1.54, 1.807) is 0 Å². The molecule has 1 fully saturated rings. The predicted molar refractivity (Wildman–Crippen MR) is 49.0 cm³/mol. The lowest BCUT2D eigenvalue weighted by molar-refractivity contribution is -0.0687. The smallest absolute Gasteiger partial charge is 0.0801 e. The summed E-state index contributed by atoms with van der Waals surface area (Å²) in [5.74, 6) is 0.962. The molecule has 12 heavy (non-hydrogen) atoms. The molecule has 0 radical (unpaired) electrons. The fraction of sp³-hybridized carbons (Fsp3) is 1.00. The van der Waals surface area contributed by atoms with Crippen molar-refractivity contribution in [2.45, 2.75) is 45.8 Å². The fourth-order valence-corrected chi connectivity index (χ4v) is 2.21. The van der Waals surface area contributed by atoms with Gasteiger partial charge < -0.3 is 9.84 Å². The van der Waals surface area contributed by atoms with Crippen LogP contribution in [0, 0.1) is 11.8 Å². The van der Waals surface area contributed by atoms with Crippen molar-refractivity contribution in [3.05, 3.63) is 0 Å². The Labute approximate surface area is 74.9 Å². The van der Waals surface area contributed by atoms with Crippen molar-refractivity contribution in [3.8, 4) is 0 Å². The minimum atomic E-state index is -0.255. The first-order valence-corrected chi connectivity index (χ1v) is 4.81. The Balaban J connectivity index is 2.75. The molecule has 1 heterocycles. The average Bonchev–Trinajstić information content (AvgIpc) is 2.32. The fourth-order valence-electron chi connectivity index (χ4n) is 2.21. The van der Waals surface area contributed by atoms with Crippen molar-refractivity contribution in [2.75, 3.05) is 6.61 Å². The van der Waals surface area contributed by atoms with Crippen LogP contribution in [0.5, 0.6) is 0 Å². The Bertz CT molecular complexity index is 144. The number of hydrogen-bond donors (Lipinski definition) is 1. The molecule has 0 saturated carbocycles. The highest BCUT2D eigenvalue weighted by Gasteiger charge is 2.44. The highest BCUT2D eigenvalue weighted by molar-refractivity contribution is 4.94. The van der Waals surface area contributed by atoms with Crippen LogP contribution in [-0.4, -0.2) is 23.4 Å². The monoisotopic (exact) mass is 172 g/mol. The van der Waals surface area contributed by atoms with Crippen molar-refractivity contribution < 1.29 is 9.84 Å². The third-order valence-electron chi connectivity index (χ3n) is 3.05. The van der Waals surface area contributed by atoms with Gasteiger partial charge in [-0.15, -0.1) is 0 Å². The first-order valence-electron chi connectivity index (χ1n) is 4.81. The Morgan fingerprint density at radius 3 is 1.92 bits per heavy atom. The Morgan fingerprint density at radius 2 is 1.75 bits per heavy atom. The molecular formula is C10H20O2. The van der Waals surface area contributed by atoms with Gasteiger partial charge in [-0.2, -0.15) is 0 Å². The third-order valence-corrected chi connectivity index (χ3v) is 3.05. The number of aliphatic hydroxyl groups is 1. The molecule has 0 aromatic rings. The molecule has 1 aliphatic rings. The van der Waals surface area contributed by atoms with E-state index in [1.165, 1.54) is 0 Å². The average molecular weight is 172 g/mol. The molecule has 2 heteroatoms. The second-order valence-electron chi connectivity index (χ2n) is 4.43. The van der Waals surface area contributed by atoms with Crippen LogP contribution in [0.4, 0.5) is 0 Å². The van der Waals surface area contributed by atoms with Crippen molar-refractivity contribution in [1.82, 2.24) is 0 Å². The topological polar surface area (TPSA) is 29.5 Å². The van der Waals surface area contributed by atoms with Crippen LogP contribution in [0.3, 0.4) is 0 Å². The zero-order valence-electron chi connectivity index (χ0n) is 8.50. The van der Waals surface area contributed by atoms with Crippen LogP contribution < -0.4 is 0 Å². The van der Waals surface area contributed by atoms with Gasteiger partial charge >= 0.3 is 0 Å². The summed E-state index contributed by atoms with van der Waals surface area (Å²) in [5.41, 5.74) is -0.0839. The quantitative estimate of drug-likeness (QED) is 0.688. The zero-order chi connectivity index (χ0) is 9.35. The lowest BCUT2D eigenvalue weighted by atomic mass is 9.78. The summed E-state index contributed by atoms with van der Waals surface area (Å²) in [6.45, 7) is 9.17. The van der Waals surface area contributed by atoms with E-state index in [1.807, 2.05) is 0 Å². The van der Waals surface area contributed by atoms with Crippen molar-refractivity contribution in [3.63, 3.8) is 0 Å². The van der Waals surface area contributed by atoms with Crippen LogP contribution in [0.25, 0.3) is 0 Å². The number of ether oxygens (including phenoxy) is 1. The molecule has 1 atom stereocenters. The molecule has 1 saturated heterocycles. The maximum Gasteiger partial charge on any atom is 0.0801 e. The van der Waals surface area contributed by atoms with Crippen LogP contribution in [-0.2, 0) is 4.74 Å². The van der Waals surface area contributed by atoms with Crippen molar-refractivity contribution in [2.24, 2.45) is 11.8 Å². The van der Waals surface area contributed by atoms with E-state index in [4.69, 9.17) is 4.74 Å². The zero-order valence-corrected chi connectivity index (χ0v) is 8.50. The maximum atomic E-state index is 9.44. The Morgan fingerprint density at radius 1 is 1.25 bits per heavy atom. The summed E-state index contributed by atoms with van der Waals surface area (Å²) in [7, 11) is 0. The normalized spacial score (nSPS) is 28.8. The molecule has 0 aromatic carbocycles. The highest BCUT2D eigenvalue weighted by atomic mass is 16.5. The molecule has 2 nitrogen and oxygen atoms in total. The van der Waals surface area contributed by atoms with Gasteiger partial charge in [-0.1, -0.05) is 27.7 Å². The first kappa shape index (κ1) is 10.0. The van der Waals surface area contributed by atoms with Gasteiger partial charge in [-0.3, -0.25) is 0 Å². The predicted octanol–water partition coefficient (Wildman–Crippen LogP) is 1.82. The Kier molecular flexibility index (Phi) is 2.79. The van der Waals surface area contributed by atoms with Gasteiger partial charge in [0.15, 0.2) is 0 Å². The second-order valence-corrected chi connectivity index (χ2v) is 4.43. The molecule has 0 amide bonds. The van der Waals surface area contributed by atoms with E-state index < -0.39 is 0 Å². The number of hydrogen-bond acceptors (Lipinski definition) is 2. The van der Waals surface area contributed by atoms with Gasteiger partial charge in [-0.25, -0.2) is 0 Å². The third kappa shape index (κ3) is 1.50. The van der Waals surface area contributed by atoms with Gasteiger partial charge in [0.2, 0.25) is 0 Å². The minimum Gasteiger partial charge on any atom is -0.391 e. The molecule has 0 aromatic heterocycles. The van der Waals surface area contributed by atoms with Gasteiger partial charge in [0.25, 0.3) is 0 Å². The second kappa shape index (κ2) is 3.35. The summed E-state index contributed by atoms with van der Waals surface area (Å²) in [5, 5.41) is 9.44. The molecule has 72 valence electrons. The summed E-state index contributed by atoms with van der Waals surface area (Å²) in [6, 6.07) is 0. The van der Waals surface area contributed by atoms with Crippen LogP contribution in [0.1, 0.15) is 34.1 Å². The molecule has 0 aliphatic carbocycles. The first-order chi connectivity index (χ1) is 5.49. The number of rotatable bonds is 2. The SMILES string of the molecule is CC(C)C1(C(C)C)CC(O)CO1. The van der Waals surface area contributed by atoms with Crippen molar-refractivity contribution in [1.29, 1.82) is 0 Å². The molecule has 1 N–H and O–H groups in total. The van der Waals surface area contributed by atoms with Crippen molar-refractivity contribution >= 4 is 0 Å². The van der Waals surface area contributed by atoms with E-state index >= 15 is 0 Å².